The third-order valence-electron chi connectivity index (χ3n) is 5.84. The molecule has 5 rings (SSSR count). The number of rotatable bonds is 1. The third-order valence-corrected chi connectivity index (χ3v) is 5.84. The van der Waals surface area contributed by atoms with Gasteiger partial charge >= 0.3 is 0 Å². The number of benzene rings is 2. The molecule has 0 saturated carbocycles. The van der Waals surface area contributed by atoms with Crippen molar-refractivity contribution in [3.8, 4) is 0 Å². The van der Waals surface area contributed by atoms with E-state index in [1.807, 2.05) is 12.3 Å². The number of hydrogen-bond acceptors (Lipinski definition) is 3. The van der Waals surface area contributed by atoms with Crippen LogP contribution in [0.3, 0.4) is 0 Å². The van der Waals surface area contributed by atoms with E-state index in [1.165, 1.54) is 33.8 Å². The van der Waals surface area contributed by atoms with E-state index in [-0.39, 0.29) is 11.6 Å². The standard InChI is InChI=1S/C24H25N3/c1-16-8-5-6-9-19(16)26-20-10-7-13-25-23(20)27-21-15-18(24(2,3)4)12-11-17(21)14-22(26)27/h5-13,15,22H,14H2,1-4H3. The summed E-state index contributed by atoms with van der Waals surface area (Å²) in [5.41, 5.74) is 7.97. The van der Waals surface area contributed by atoms with Gasteiger partial charge in [-0.1, -0.05) is 51.1 Å². The van der Waals surface area contributed by atoms with Crippen LogP contribution in [0, 0.1) is 6.92 Å². The van der Waals surface area contributed by atoms with E-state index in [1.54, 1.807) is 0 Å². The van der Waals surface area contributed by atoms with Crippen molar-refractivity contribution in [2.45, 2.75) is 45.7 Å². The summed E-state index contributed by atoms with van der Waals surface area (Å²) in [4.78, 5) is 9.69. The van der Waals surface area contributed by atoms with E-state index in [4.69, 9.17) is 4.98 Å². The Morgan fingerprint density at radius 1 is 0.889 bits per heavy atom. The second-order valence-electron chi connectivity index (χ2n) is 8.65. The summed E-state index contributed by atoms with van der Waals surface area (Å²) in [6.07, 6.45) is 3.16. The van der Waals surface area contributed by atoms with Gasteiger partial charge in [0.25, 0.3) is 0 Å². The number of hydrogen-bond donors (Lipinski definition) is 0. The topological polar surface area (TPSA) is 19.4 Å². The first-order valence-electron chi connectivity index (χ1n) is 9.68. The fraction of sp³-hybridized carbons (Fsp3) is 0.292. The van der Waals surface area contributed by atoms with Gasteiger partial charge in [-0.2, -0.15) is 0 Å². The Balaban J connectivity index is 1.69. The molecule has 1 atom stereocenters. The lowest BCUT2D eigenvalue weighted by Gasteiger charge is -2.29. The Morgan fingerprint density at radius 3 is 2.44 bits per heavy atom. The molecule has 3 heterocycles. The predicted octanol–water partition coefficient (Wildman–Crippen LogP) is 5.86. The normalized spacial score (nSPS) is 17.7. The van der Waals surface area contributed by atoms with Gasteiger partial charge < -0.3 is 9.80 Å². The monoisotopic (exact) mass is 355 g/mol. The van der Waals surface area contributed by atoms with Crippen molar-refractivity contribution in [3.05, 3.63) is 77.5 Å². The zero-order valence-electron chi connectivity index (χ0n) is 16.4. The minimum atomic E-state index is 0.134. The zero-order chi connectivity index (χ0) is 18.8. The molecule has 1 aromatic heterocycles. The number of fused-ring (bicyclic) bond motifs is 5. The minimum absolute atomic E-state index is 0.134. The highest BCUT2D eigenvalue weighted by Gasteiger charge is 2.44. The Hall–Kier alpha value is -2.81. The second-order valence-corrected chi connectivity index (χ2v) is 8.65. The first kappa shape index (κ1) is 16.4. The Labute approximate surface area is 161 Å². The van der Waals surface area contributed by atoms with Crippen molar-refractivity contribution in [2.75, 3.05) is 9.80 Å². The molecule has 136 valence electrons. The molecular formula is C24H25N3. The van der Waals surface area contributed by atoms with E-state index < -0.39 is 0 Å². The van der Waals surface area contributed by atoms with Crippen LogP contribution in [0.2, 0.25) is 0 Å². The summed E-state index contributed by atoms with van der Waals surface area (Å²) in [6, 6.07) is 19.9. The van der Waals surface area contributed by atoms with Crippen LogP contribution in [0.1, 0.15) is 37.5 Å². The van der Waals surface area contributed by atoms with Gasteiger partial charge in [-0.3, -0.25) is 0 Å². The second kappa shape index (κ2) is 5.59. The van der Waals surface area contributed by atoms with Gasteiger partial charge in [0, 0.05) is 24.0 Å². The molecule has 2 aliphatic rings. The Morgan fingerprint density at radius 2 is 1.67 bits per heavy atom. The van der Waals surface area contributed by atoms with E-state index >= 15 is 0 Å². The van der Waals surface area contributed by atoms with Crippen LogP contribution in [0.15, 0.2) is 60.8 Å². The highest BCUT2D eigenvalue weighted by atomic mass is 15.5. The first-order valence-corrected chi connectivity index (χ1v) is 9.68. The van der Waals surface area contributed by atoms with Gasteiger partial charge in [-0.15, -0.1) is 0 Å². The van der Waals surface area contributed by atoms with Crippen molar-refractivity contribution < 1.29 is 0 Å². The lowest BCUT2D eigenvalue weighted by molar-refractivity contribution is 0.590. The number of aryl methyl sites for hydroxylation is 1. The van der Waals surface area contributed by atoms with Crippen LogP contribution in [0.4, 0.5) is 22.9 Å². The number of nitrogens with zero attached hydrogens (tertiary/aromatic N) is 3. The summed E-state index contributed by atoms with van der Waals surface area (Å²) in [6.45, 7) is 9.01. The molecule has 0 spiro atoms. The first-order chi connectivity index (χ1) is 12.9. The molecule has 3 nitrogen and oxygen atoms in total. The molecule has 27 heavy (non-hydrogen) atoms. The number of aromatic nitrogens is 1. The molecule has 0 radical (unpaired) electrons. The SMILES string of the molecule is Cc1ccccc1N1c2cccnc2N2c3cc(C(C)(C)C)ccc3CC12. The number of anilines is 4. The highest BCUT2D eigenvalue weighted by molar-refractivity contribution is 5.89. The van der Waals surface area contributed by atoms with Gasteiger partial charge in [0.1, 0.15) is 6.17 Å². The maximum Gasteiger partial charge on any atom is 0.158 e. The summed E-state index contributed by atoms with van der Waals surface area (Å²) in [5, 5.41) is 0. The van der Waals surface area contributed by atoms with Crippen LogP contribution >= 0.6 is 0 Å². The van der Waals surface area contributed by atoms with Crippen LogP contribution in [-0.2, 0) is 11.8 Å². The van der Waals surface area contributed by atoms with Gasteiger partial charge in [0.05, 0.1) is 5.69 Å². The lowest BCUT2D eigenvalue weighted by Crippen LogP contribution is -2.36. The molecule has 3 aromatic rings. The van der Waals surface area contributed by atoms with Crippen molar-refractivity contribution in [1.29, 1.82) is 0 Å². The summed E-state index contributed by atoms with van der Waals surface area (Å²) in [7, 11) is 0. The number of pyridine rings is 1. The molecule has 0 bridgehead atoms. The van der Waals surface area contributed by atoms with Crippen LogP contribution in [0.5, 0.6) is 0 Å². The van der Waals surface area contributed by atoms with Crippen LogP contribution in [-0.4, -0.2) is 11.1 Å². The van der Waals surface area contributed by atoms with Crippen molar-refractivity contribution >= 4 is 22.9 Å². The molecule has 0 N–H and O–H groups in total. The Kier molecular flexibility index (Phi) is 3.39. The molecule has 0 amide bonds. The van der Waals surface area contributed by atoms with E-state index in [0.717, 1.165) is 12.2 Å². The fourth-order valence-electron chi connectivity index (χ4n) is 4.38. The van der Waals surface area contributed by atoms with Crippen LogP contribution in [0.25, 0.3) is 0 Å². The van der Waals surface area contributed by atoms with Crippen LogP contribution < -0.4 is 9.80 Å². The van der Waals surface area contributed by atoms with Gasteiger partial charge in [0.15, 0.2) is 5.82 Å². The summed E-state index contributed by atoms with van der Waals surface area (Å²) in [5.74, 6) is 1.07. The van der Waals surface area contributed by atoms with Crippen molar-refractivity contribution in [3.63, 3.8) is 0 Å². The number of para-hydroxylation sites is 1. The maximum atomic E-state index is 4.78. The minimum Gasteiger partial charge on any atom is -0.316 e. The summed E-state index contributed by atoms with van der Waals surface area (Å²) < 4.78 is 0. The summed E-state index contributed by atoms with van der Waals surface area (Å²) >= 11 is 0. The molecular weight excluding hydrogens is 330 g/mol. The molecule has 1 unspecified atom stereocenters. The third kappa shape index (κ3) is 2.38. The smallest absolute Gasteiger partial charge is 0.158 e. The quantitative estimate of drug-likeness (QED) is 0.545. The maximum absolute atomic E-state index is 4.78. The molecule has 0 fully saturated rings. The molecule has 2 aromatic carbocycles. The molecule has 2 aliphatic heterocycles. The predicted molar refractivity (Wildman–Crippen MR) is 112 cm³/mol. The fourth-order valence-corrected chi connectivity index (χ4v) is 4.38. The van der Waals surface area contributed by atoms with Gasteiger partial charge in [0.2, 0.25) is 0 Å². The van der Waals surface area contributed by atoms with Crippen molar-refractivity contribution in [1.82, 2.24) is 4.98 Å². The van der Waals surface area contributed by atoms with Gasteiger partial charge in [-0.25, -0.2) is 4.98 Å². The molecule has 3 heteroatoms. The van der Waals surface area contributed by atoms with Crippen molar-refractivity contribution in [2.24, 2.45) is 0 Å². The lowest BCUT2D eigenvalue weighted by atomic mass is 9.86. The average Bonchev–Trinajstić information content (AvgIpc) is 3.15. The van der Waals surface area contributed by atoms with E-state index in [0.29, 0.717) is 0 Å². The van der Waals surface area contributed by atoms with E-state index in [9.17, 15) is 0 Å². The zero-order valence-corrected chi connectivity index (χ0v) is 16.4. The largest absolute Gasteiger partial charge is 0.316 e. The van der Waals surface area contributed by atoms with Gasteiger partial charge in [-0.05, 0) is 53.3 Å². The Bertz CT molecular complexity index is 1030. The molecule has 0 aliphatic carbocycles. The molecule has 0 saturated heterocycles. The average molecular weight is 355 g/mol. The highest BCUT2D eigenvalue weighted by Crippen LogP contribution is 2.52. The van der Waals surface area contributed by atoms with E-state index in [2.05, 4.69) is 86.0 Å².